The summed E-state index contributed by atoms with van der Waals surface area (Å²) in [6.45, 7) is 41.5. The van der Waals surface area contributed by atoms with Gasteiger partial charge < -0.3 is 4.74 Å². The zero-order valence-electron chi connectivity index (χ0n) is 32.4. The predicted molar refractivity (Wildman–Crippen MR) is 208 cm³/mol. The second kappa shape index (κ2) is 10.8. The van der Waals surface area contributed by atoms with Crippen LogP contribution in [0.4, 0.5) is 0 Å². The quantitative estimate of drug-likeness (QED) is 0.175. The van der Waals surface area contributed by atoms with Crippen LogP contribution in [0.15, 0.2) is 0 Å². The molecule has 6 aromatic rings. The molecule has 6 aromatic carbocycles. The molecule has 6 rings (SSSR count). The third-order valence-electron chi connectivity index (χ3n) is 13.4. The standard InChI is InChI=1S/C46H54O/c1-19-23(5)31(13)41-37(27(19)9)35(17)38-28(10)20(2)24(6)32(14)42(38)45(41)47-46-43-33(15)25(7)21(3)29(11)39(43)36(18)40-30(12)22(4)26(8)34(16)44(40)46/h1-18H3. The third-order valence-corrected chi connectivity index (χ3v) is 13.4. The van der Waals surface area contributed by atoms with Crippen molar-refractivity contribution in [2.24, 2.45) is 0 Å². The van der Waals surface area contributed by atoms with Gasteiger partial charge in [0.2, 0.25) is 0 Å². The normalized spacial score (nSPS) is 12.0. The Morgan fingerprint density at radius 2 is 0.319 bits per heavy atom. The van der Waals surface area contributed by atoms with Crippen LogP contribution in [0.1, 0.15) is 100 Å². The molecule has 0 amide bonds. The highest BCUT2D eigenvalue weighted by Gasteiger charge is 2.28. The fourth-order valence-corrected chi connectivity index (χ4v) is 9.07. The summed E-state index contributed by atoms with van der Waals surface area (Å²) >= 11 is 0. The first kappa shape index (κ1) is 33.1. The summed E-state index contributed by atoms with van der Waals surface area (Å²) in [5, 5.41) is 10.4. The SMILES string of the molecule is Cc1c(C)c(C)c2c(Oc3c4c(C)c(C)c(C)c(C)c4c(C)c4c(C)c(C)c(C)c(C)c34)c3c(C)c(C)c(C)c(C)c3c(C)c2c1C. The lowest BCUT2D eigenvalue weighted by molar-refractivity contribution is 0.504. The topological polar surface area (TPSA) is 9.23 Å². The molecule has 0 aromatic heterocycles. The van der Waals surface area contributed by atoms with Gasteiger partial charge in [0.1, 0.15) is 11.5 Å². The van der Waals surface area contributed by atoms with Gasteiger partial charge in [0.25, 0.3) is 0 Å². The summed E-state index contributed by atoms with van der Waals surface area (Å²) in [7, 11) is 0. The van der Waals surface area contributed by atoms with Crippen LogP contribution >= 0.6 is 0 Å². The first-order chi connectivity index (χ1) is 21.9. The van der Waals surface area contributed by atoms with E-state index in [9.17, 15) is 0 Å². The summed E-state index contributed by atoms with van der Waals surface area (Å²) in [4.78, 5) is 0. The molecule has 0 saturated heterocycles. The number of rotatable bonds is 2. The molecule has 47 heavy (non-hydrogen) atoms. The van der Waals surface area contributed by atoms with Crippen LogP contribution < -0.4 is 4.74 Å². The van der Waals surface area contributed by atoms with Crippen LogP contribution in [0.5, 0.6) is 11.5 Å². The summed E-state index contributed by atoms with van der Waals surface area (Å²) in [5.74, 6) is 2.04. The average molecular weight is 623 g/mol. The van der Waals surface area contributed by atoms with Gasteiger partial charge in [-0.15, -0.1) is 0 Å². The smallest absolute Gasteiger partial charge is 0.143 e. The fourth-order valence-electron chi connectivity index (χ4n) is 9.07. The van der Waals surface area contributed by atoms with Crippen LogP contribution in [-0.4, -0.2) is 0 Å². The van der Waals surface area contributed by atoms with Gasteiger partial charge in [-0.1, -0.05) is 0 Å². The Kier molecular flexibility index (Phi) is 7.63. The third kappa shape index (κ3) is 4.14. The van der Waals surface area contributed by atoms with Crippen LogP contribution in [0, 0.1) is 125 Å². The highest BCUT2D eigenvalue weighted by atomic mass is 16.5. The van der Waals surface area contributed by atoms with E-state index in [-0.39, 0.29) is 0 Å². The number of aryl methyl sites for hydroxylation is 10. The molecule has 0 saturated carbocycles. The van der Waals surface area contributed by atoms with Crippen molar-refractivity contribution in [3.63, 3.8) is 0 Å². The van der Waals surface area contributed by atoms with Crippen molar-refractivity contribution in [2.45, 2.75) is 125 Å². The first-order valence-corrected chi connectivity index (χ1v) is 17.4. The lowest BCUT2D eigenvalue weighted by Crippen LogP contribution is -2.06. The van der Waals surface area contributed by atoms with E-state index < -0.39 is 0 Å². The molecule has 1 nitrogen and oxygen atoms in total. The molecule has 0 heterocycles. The number of benzene rings is 6. The van der Waals surface area contributed by atoms with Gasteiger partial charge in [-0.3, -0.25) is 0 Å². The molecule has 0 bridgehead atoms. The average Bonchev–Trinajstić information content (AvgIpc) is 3.04. The Morgan fingerprint density at radius 1 is 0.170 bits per heavy atom. The van der Waals surface area contributed by atoms with Crippen LogP contribution in [0.2, 0.25) is 0 Å². The Hall–Kier alpha value is -3.84. The number of fused-ring (bicyclic) bond motifs is 4. The van der Waals surface area contributed by atoms with Crippen molar-refractivity contribution >= 4 is 43.1 Å². The Balaban J connectivity index is 2.00. The zero-order chi connectivity index (χ0) is 34.9. The largest absolute Gasteiger partial charge is 0.455 e. The molecule has 0 aliphatic rings. The lowest BCUT2D eigenvalue weighted by Gasteiger charge is -2.28. The molecule has 244 valence electrons. The van der Waals surface area contributed by atoms with Crippen molar-refractivity contribution in [3.05, 3.63) is 100 Å². The minimum absolute atomic E-state index is 1.02. The van der Waals surface area contributed by atoms with E-state index in [1.165, 1.54) is 143 Å². The summed E-state index contributed by atoms with van der Waals surface area (Å²) < 4.78 is 7.86. The summed E-state index contributed by atoms with van der Waals surface area (Å²) in [6.07, 6.45) is 0. The van der Waals surface area contributed by atoms with E-state index >= 15 is 0 Å². The highest BCUT2D eigenvalue weighted by molar-refractivity contribution is 6.17. The second-order valence-corrected chi connectivity index (χ2v) is 15.0. The molecular weight excluding hydrogens is 569 g/mol. The van der Waals surface area contributed by atoms with Crippen LogP contribution in [0.25, 0.3) is 43.1 Å². The van der Waals surface area contributed by atoms with Crippen molar-refractivity contribution in [1.29, 1.82) is 0 Å². The van der Waals surface area contributed by atoms with Gasteiger partial charge in [-0.05, 0) is 246 Å². The Labute approximate surface area is 283 Å². The maximum absolute atomic E-state index is 7.86. The van der Waals surface area contributed by atoms with Crippen LogP contribution in [-0.2, 0) is 0 Å². The monoisotopic (exact) mass is 622 g/mol. The fraction of sp³-hybridized carbons (Fsp3) is 0.391. The highest BCUT2D eigenvalue weighted by Crippen LogP contribution is 2.53. The molecule has 0 spiro atoms. The molecule has 0 N–H and O–H groups in total. The summed E-state index contributed by atoms with van der Waals surface area (Å²) in [5.41, 5.74) is 24.4. The minimum Gasteiger partial charge on any atom is -0.455 e. The molecule has 0 fully saturated rings. The maximum atomic E-state index is 7.86. The molecular formula is C46H54O. The molecule has 0 atom stereocenters. The lowest BCUT2D eigenvalue weighted by atomic mass is 9.81. The van der Waals surface area contributed by atoms with Crippen LogP contribution in [0.3, 0.4) is 0 Å². The van der Waals surface area contributed by atoms with Crippen molar-refractivity contribution in [3.8, 4) is 11.5 Å². The number of ether oxygens (including phenoxy) is 1. The van der Waals surface area contributed by atoms with Gasteiger partial charge in [0, 0.05) is 21.5 Å². The minimum atomic E-state index is 1.02. The predicted octanol–water partition coefficient (Wildman–Crippen LogP) is 13.6. The number of hydrogen-bond acceptors (Lipinski definition) is 1. The summed E-state index contributed by atoms with van der Waals surface area (Å²) in [6, 6.07) is 0. The van der Waals surface area contributed by atoms with E-state index in [0.29, 0.717) is 0 Å². The molecule has 0 unspecified atom stereocenters. The molecule has 0 aliphatic carbocycles. The van der Waals surface area contributed by atoms with Crippen molar-refractivity contribution in [1.82, 2.24) is 0 Å². The van der Waals surface area contributed by atoms with E-state index in [2.05, 4.69) is 125 Å². The maximum Gasteiger partial charge on any atom is 0.143 e. The van der Waals surface area contributed by atoms with E-state index in [1.807, 2.05) is 0 Å². The van der Waals surface area contributed by atoms with E-state index in [0.717, 1.165) is 11.5 Å². The Morgan fingerprint density at radius 3 is 0.489 bits per heavy atom. The van der Waals surface area contributed by atoms with Gasteiger partial charge in [-0.25, -0.2) is 0 Å². The first-order valence-electron chi connectivity index (χ1n) is 17.4. The van der Waals surface area contributed by atoms with Crippen molar-refractivity contribution in [2.75, 3.05) is 0 Å². The molecule has 1 heteroatoms. The van der Waals surface area contributed by atoms with Gasteiger partial charge in [0.05, 0.1) is 0 Å². The van der Waals surface area contributed by atoms with Gasteiger partial charge >= 0.3 is 0 Å². The molecule has 0 aliphatic heterocycles. The number of hydrogen-bond donors (Lipinski definition) is 0. The Bertz CT molecular complexity index is 2090. The van der Waals surface area contributed by atoms with Gasteiger partial charge in [-0.2, -0.15) is 0 Å². The van der Waals surface area contributed by atoms with E-state index in [1.54, 1.807) is 0 Å². The van der Waals surface area contributed by atoms with Gasteiger partial charge in [0.15, 0.2) is 0 Å². The van der Waals surface area contributed by atoms with E-state index in [4.69, 9.17) is 4.74 Å². The second-order valence-electron chi connectivity index (χ2n) is 15.0. The van der Waals surface area contributed by atoms with Crippen molar-refractivity contribution < 1.29 is 4.74 Å². The zero-order valence-corrected chi connectivity index (χ0v) is 32.4. The molecule has 0 radical (unpaired) electrons.